The summed E-state index contributed by atoms with van der Waals surface area (Å²) in [5.41, 5.74) is 0. The zero-order chi connectivity index (χ0) is 20.1. The number of nitrogens with zero attached hydrogens (tertiary/aromatic N) is 5. The van der Waals surface area contributed by atoms with Gasteiger partial charge >= 0.3 is 0 Å². The van der Waals surface area contributed by atoms with E-state index in [0.717, 1.165) is 65.3 Å². The summed E-state index contributed by atoms with van der Waals surface area (Å²) >= 11 is 0. The standard InChI is InChI=1S/C21H33N5O3/c27-20-3-2-19(17-25(20)11-10-23-12-14-29-15-13-23)21(28)24-8-4-18(5-9-24)16-26-7-1-6-22-26/h1,6-7,18-19H,2-5,8-17H2. The molecule has 1 aromatic rings. The van der Waals surface area contributed by atoms with Crippen LogP contribution in [0.25, 0.3) is 0 Å². The number of carbonyl (C=O) groups is 2. The molecule has 3 aliphatic heterocycles. The van der Waals surface area contributed by atoms with E-state index < -0.39 is 0 Å². The van der Waals surface area contributed by atoms with Gasteiger partial charge in [-0.2, -0.15) is 5.10 Å². The highest BCUT2D eigenvalue weighted by molar-refractivity contribution is 5.84. The van der Waals surface area contributed by atoms with Gasteiger partial charge in [-0.25, -0.2) is 0 Å². The maximum absolute atomic E-state index is 13.1. The van der Waals surface area contributed by atoms with Crippen LogP contribution in [-0.2, 0) is 20.9 Å². The van der Waals surface area contributed by atoms with Crippen LogP contribution >= 0.6 is 0 Å². The molecule has 1 unspecified atom stereocenters. The summed E-state index contributed by atoms with van der Waals surface area (Å²) in [4.78, 5) is 31.7. The van der Waals surface area contributed by atoms with Crippen molar-refractivity contribution < 1.29 is 14.3 Å². The Labute approximate surface area is 172 Å². The minimum atomic E-state index is -0.0416. The van der Waals surface area contributed by atoms with Gasteiger partial charge in [-0.05, 0) is 31.2 Å². The number of aromatic nitrogens is 2. The first kappa shape index (κ1) is 20.3. The monoisotopic (exact) mass is 403 g/mol. The van der Waals surface area contributed by atoms with E-state index >= 15 is 0 Å². The zero-order valence-electron chi connectivity index (χ0n) is 17.2. The molecule has 8 nitrogen and oxygen atoms in total. The molecule has 3 fully saturated rings. The van der Waals surface area contributed by atoms with Gasteiger partial charge in [0.2, 0.25) is 11.8 Å². The third-order valence-electron chi connectivity index (χ3n) is 6.57. The Morgan fingerprint density at radius 2 is 1.90 bits per heavy atom. The van der Waals surface area contributed by atoms with E-state index in [2.05, 4.69) is 10.00 Å². The van der Waals surface area contributed by atoms with Crippen molar-refractivity contribution in [1.82, 2.24) is 24.5 Å². The largest absolute Gasteiger partial charge is 0.379 e. The lowest BCUT2D eigenvalue weighted by molar-refractivity contribution is -0.144. The number of morpholine rings is 1. The predicted molar refractivity (Wildman–Crippen MR) is 108 cm³/mol. The summed E-state index contributed by atoms with van der Waals surface area (Å²) in [6.07, 6.45) is 7.06. The quantitative estimate of drug-likeness (QED) is 0.699. The lowest BCUT2D eigenvalue weighted by Crippen LogP contribution is -2.51. The molecule has 0 saturated carbocycles. The Bertz CT molecular complexity index is 666. The molecule has 160 valence electrons. The van der Waals surface area contributed by atoms with E-state index in [1.54, 1.807) is 0 Å². The molecule has 0 aliphatic carbocycles. The van der Waals surface area contributed by atoms with Crippen molar-refractivity contribution in [2.45, 2.75) is 32.2 Å². The van der Waals surface area contributed by atoms with Crippen LogP contribution in [0, 0.1) is 11.8 Å². The molecule has 0 aromatic carbocycles. The Morgan fingerprint density at radius 1 is 1.10 bits per heavy atom. The highest BCUT2D eigenvalue weighted by Gasteiger charge is 2.34. The number of amides is 2. The smallest absolute Gasteiger partial charge is 0.227 e. The predicted octanol–water partition coefficient (Wildman–Crippen LogP) is 0.693. The van der Waals surface area contributed by atoms with Gasteiger partial charge < -0.3 is 14.5 Å². The van der Waals surface area contributed by atoms with E-state index in [9.17, 15) is 9.59 Å². The SMILES string of the molecule is O=C1CCC(C(=O)N2CCC(Cn3cccn3)CC2)CN1CCN1CCOCC1. The van der Waals surface area contributed by atoms with Gasteiger partial charge in [0.25, 0.3) is 0 Å². The van der Waals surface area contributed by atoms with Crippen molar-refractivity contribution in [1.29, 1.82) is 0 Å². The van der Waals surface area contributed by atoms with Crippen LogP contribution < -0.4 is 0 Å². The molecule has 1 aromatic heterocycles. The maximum atomic E-state index is 13.1. The fraction of sp³-hybridized carbons (Fsp3) is 0.762. The molecule has 0 N–H and O–H groups in total. The van der Waals surface area contributed by atoms with Crippen LogP contribution in [0.3, 0.4) is 0 Å². The molecule has 4 rings (SSSR count). The van der Waals surface area contributed by atoms with Crippen molar-refractivity contribution in [2.75, 3.05) is 59.0 Å². The summed E-state index contributed by atoms with van der Waals surface area (Å²) in [5, 5.41) is 4.29. The molecule has 29 heavy (non-hydrogen) atoms. The first-order valence-corrected chi connectivity index (χ1v) is 11.0. The molecule has 0 bridgehead atoms. The summed E-state index contributed by atoms with van der Waals surface area (Å²) < 4.78 is 7.38. The van der Waals surface area contributed by atoms with E-state index in [1.807, 2.05) is 32.9 Å². The molecule has 0 spiro atoms. The summed E-state index contributed by atoms with van der Waals surface area (Å²) in [7, 11) is 0. The van der Waals surface area contributed by atoms with E-state index in [1.165, 1.54) is 0 Å². The number of ether oxygens (including phenoxy) is 1. The second kappa shape index (κ2) is 9.71. The third kappa shape index (κ3) is 5.36. The molecule has 1 atom stereocenters. The average molecular weight is 404 g/mol. The van der Waals surface area contributed by atoms with Gasteiger partial charge in [0.05, 0.1) is 19.1 Å². The molecular weight excluding hydrogens is 370 g/mol. The van der Waals surface area contributed by atoms with Crippen LogP contribution in [-0.4, -0.2) is 95.3 Å². The molecule has 4 heterocycles. The van der Waals surface area contributed by atoms with Crippen molar-refractivity contribution in [3.63, 3.8) is 0 Å². The van der Waals surface area contributed by atoms with E-state index in [-0.39, 0.29) is 17.7 Å². The third-order valence-corrected chi connectivity index (χ3v) is 6.57. The molecular formula is C21H33N5O3. The second-order valence-corrected chi connectivity index (χ2v) is 8.53. The number of hydrogen-bond donors (Lipinski definition) is 0. The second-order valence-electron chi connectivity index (χ2n) is 8.53. The maximum Gasteiger partial charge on any atom is 0.227 e. The summed E-state index contributed by atoms with van der Waals surface area (Å²) in [6.45, 7) is 8.14. The number of piperidine rings is 2. The van der Waals surface area contributed by atoms with Crippen LogP contribution in [0.4, 0.5) is 0 Å². The van der Waals surface area contributed by atoms with Crippen LogP contribution in [0.15, 0.2) is 18.5 Å². The van der Waals surface area contributed by atoms with Crippen LogP contribution in [0.1, 0.15) is 25.7 Å². The average Bonchev–Trinajstić information content (AvgIpc) is 3.27. The first-order valence-electron chi connectivity index (χ1n) is 11.0. The van der Waals surface area contributed by atoms with Crippen molar-refractivity contribution in [3.05, 3.63) is 18.5 Å². The molecule has 3 aliphatic rings. The van der Waals surface area contributed by atoms with Crippen LogP contribution in [0.5, 0.6) is 0 Å². The number of carbonyl (C=O) groups excluding carboxylic acids is 2. The number of hydrogen-bond acceptors (Lipinski definition) is 5. The number of likely N-dealkylation sites (tertiary alicyclic amines) is 2. The zero-order valence-corrected chi connectivity index (χ0v) is 17.2. The Balaban J connectivity index is 1.23. The fourth-order valence-electron chi connectivity index (χ4n) is 4.69. The summed E-state index contributed by atoms with van der Waals surface area (Å²) in [5.74, 6) is 0.976. The molecule has 3 saturated heterocycles. The van der Waals surface area contributed by atoms with E-state index in [0.29, 0.717) is 31.8 Å². The minimum Gasteiger partial charge on any atom is -0.379 e. The highest BCUT2D eigenvalue weighted by atomic mass is 16.5. The Hall–Kier alpha value is -1.93. The van der Waals surface area contributed by atoms with E-state index in [4.69, 9.17) is 4.74 Å². The summed E-state index contributed by atoms with van der Waals surface area (Å²) in [6, 6.07) is 1.95. The van der Waals surface area contributed by atoms with Crippen LogP contribution in [0.2, 0.25) is 0 Å². The van der Waals surface area contributed by atoms with Gasteiger partial charge in [-0.3, -0.25) is 19.2 Å². The Morgan fingerprint density at radius 3 is 2.62 bits per heavy atom. The lowest BCUT2D eigenvalue weighted by Gasteiger charge is -2.38. The Kier molecular flexibility index (Phi) is 6.82. The van der Waals surface area contributed by atoms with Crippen molar-refractivity contribution >= 4 is 11.8 Å². The van der Waals surface area contributed by atoms with Gasteiger partial charge in [0, 0.05) is 71.2 Å². The normalized spacial score (nSPS) is 24.8. The highest BCUT2D eigenvalue weighted by Crippen LogP contribution is 2.24. The fourth-order valence-corrected chi connectivity index (χ4v) is 4.69. The molecule has 0 radical (unpaired) electrons. The topological polar surface area (TPSA) is 70.9 Å². The van der Waals surface area contributed by atoms with Crippen molar-refractivity contribution in [2.24, 2.45) is 11.8 Å². The first-order chi connectivity index (χ1) is 14.2. The van der Waals surface area contributed by atoms with Gasteiger partial charge in [0.1, 0.15) is 0 Å². The van der Waals surface area contributed by atoms with Gasteiger partial charge in [-0.1, -0.05) is 0 Å². The lowest BCUT2D eigenvalue weighted by atomic mass is 9.92. The molecule has 2 amide bonds. The van der Waals surface area contributed by atoms with Crippen molar-refractivity contribution in [3.8, 4) is 0 Å². The minimum absolute atomic E-state index is 0.0416. The van der Waals surface area contributed by atoms with Gasteiger partial charge in [0.15, 0.2) is 0 Å². The van der Waals surface area contributed by atoms with Gasteiger partial charge in [-0.15, -0.1) is 0 Å². The molecule has 8 heteroatoms. The number of rotatable bonds is 6.